The topological polar surface area (TPSA) is 91.3 Å². The van der Waals surface area contributed by atoms with Gasteiger partial charge in [0.2, 0.25) is 0 Å². The minimum absolute atomic E-state index is 0.161. The largest absolute Gasteiger partial charge is 0.496 e. The van der Waals surface area contributed by atoms with Crippen molar-refractivity contribution in [3.8, 4) is 17.2 Å². The summed E-state index contributed by atoms with van der Waals surface area (Å²) in [5, 5.41) is 9.76. The Morgan fingerprint density at radius 2 is 1.41 bits per heavy atom. The van der Waals surface area contributed by atoms with Crippen LogP contribution in [0.25, 0.3) is 12.2 Å². The first-order valence-corrected chi connectivity index (χ1v) is 8.55. The van der Waals surface area contributed by atoms with E-state index in [1.165, 1.54) is 40.6 Å². The van der Waals surface area contributed by atoms with Crippen molar-refractivity contribution >= 4 is 24.1 Å². The molecule has 152 valence electrons. The third kappa shape index (κ3) is 5.16. The normalized spacial score (nSPS) is 11.6. The molecule has 0 aromatic heterocycles. The van der Waals surface area contributed by atoms with E-state index in [0.29, 0.717) is 28.4 Å². The summed E-state index contributed by atoms with van der Waals surface area (Å²) < 4.78 is 20.8. The van der Waals surface area contributed by atoms with E-state index in [2.05, 4.69) is 0 Å². The molecule has 0 saturated carbocycles. The fraction of sp³-hybridized carbons (Fsp3) is 0.182. The van der Waals surface area contributed by atoms with Gasteiger partial charge in [-0.15, -0.1) is 0 Å². The number of esters is 1. The molecule has 0 aliphatic carbocycles. The van der Waals surface area contributed by atoms with E-state index >= 15 is 0 Å². The summed E-state index contributed by atoms with van der Waals surface area (Å²) in [6.45, 7) is 0. The van der Waals surface area contributed by atoms with Crippen LogP contribution in [0.15, 0.2) is 53.6 Å². The molecule has 7 heteroatoms. The number of methoxy groups -OCH3 is 4. The molecule has 0 bridgehead atoms. The van der Waals surface area contributed by atoms with Crippen molar-refractivity contribution in [3.63, 3.8) is 0 Å². The number of carbonyl (C=O) groups is 2. The first kappa shape index (κ1) is 21.6. The number of aliphatic carboxylic acids is 1. The number of carboxylic acids is 1. The smallest absolute Gasteiger partial charge is 0.338 e. The molecule has 0 atom stereocenters. The Labute approximate surface area is 168 Å². The zero-order valence-corrected chi connectivity index (χ0v) is 16.6. The third-order valence-electron chi connectivity index (χ3n) is 4.08. The fourth-order valence-electron chi connectivity index (χ4n) is 2.65. The molecule has 2 rings (SSSR count). The molecule has 0 aliphatic heterocycles. The van der Waals surface area contributed by atoms with E-state index in [-0.39, 0.29) is 11.1 Å². The Balaban J connectivity index is 2.75. The average Bonchev–Trinajstić information content (AvgIpc) is 2.75. The molecule has 0 unspecified atom stereocenters. The van der Waals surface area contributed by atoms with E-state index in [1.807, 2.05) is 6.07 Å². The van der Waals surface area contributed by atoms with Crippen LogP contribution < -0.4 is 14.2 Å². The van der Waals surface area contributed by atoms with Gasteiger partial charge in [-0.1, -0.05) is 30.3 Å². The minimum Gasteiger partial charge on any atom is -0.496 e. The van der Waals surface area contributed by atoms with Crippen molar-refractivity contribution in [3.05, 3.63) is 64.7 Å². The summed E-state index contributed by atoms with van der Waals surface area (Å²) in [6.07, 6.45) is 2.76. The van der Waals surface area contributed by atoms with Crippen LogP contribution >= 0.6 is 0 Å². The fourth-order valence-corrected chi connectivity index (χ4v) is 2.65. The minimum atomic E-state index is -1.28. The highest BCUT2D eigenvalue weighted by atomic mass is 16.5. The van der Waals surface area contributed by atoms with Gasteiger partial charge in [0.15, 0.2) is 0 Å². The van der Waals surface area contributed by atoms with E-state index in [1.54, 1.807) is 36.4 Å². The second-order valence-corrected chi connectivity index (χ2v) is 5.77. The maximum absolute atomic E-state index is 12.5. The van der Waals surface area contributed by atoms with Crippen LogP contribution in [0.1, 0.15) is 11.1 Å². The number of hydrogen-bond donors (Lipinski definition) is 1. The van der Waals surface area contributed by atoms with Crippen LogP contribution in [0.3, 0.4) is 0 Å². The van der Waals surface area contributed by atoms with Crippen molar-refractivity contribution in [2.75, 3.05) is 28.4 Å². The van der Waals surface area contributed by atoms with Crippen molar-refractivity contribution < 1.29 is 33.6 Å². The highest BCUT2D eigenvalue weighted by Gasteiger charge is 2.23. The summed E-state index contributed by atoms with van der Waals surface area (Å²) in [5.74, 6) is -0.931. The Morgan fingerprint density at radius 3 is 1.86 bits per heavy atom. The van der Waals surface area contributed by atoms with Crippen molar-refractivity contribution in [1.29, 1.82) is 0 Å². The van der Waals surface area contributed by atoms with E-state index in [9.17, 15) is 14.7 Å². The number of ether oxygens (including phenoxy) is 4. The van der Waals surface area contributed by atoms with Gasteiger partial charge in [-0.25, -0.2) is 9.59 Å². The van der Waals surface area contributed by atoms with Crippen LogP contribution in [0, 0.1) is 0 Å². The van der Waals surface area contributed by atoms with Crippen LogP contribution in [0.5, 0.6) is 17.2 Å². The van der Waals surface area contributed by atoms with Gasteiger partial charge in [0.25, 0.3) is 0 Å². The van der Waals surface area contributed by atoms with E-state index in [4.69, 9.17) is 18.9 Å². The molecule has 0 radical (unpaired) electrons. The van der Waals surface area contributed by atoms with Gasteiger partial charge in [-0.05, 0) is 17.7 Å². The standard InChI is InChI=1S/C22H22O7/c1-26-15-11-19(27-2)18(20(12-15)28-3)13-17(22(25)29-4)16(21(23)24)10-14-8-6-5-7-9-14/h5-13H,1-4H3,(H,23,24)/b16-10-,17-13-. The van der Waals surface area contributed by atoms with Crippen molar-refractivity contribution in [2.24, 2.45) is 0 Å². The molecule has 2 aromatic rings. The number of carboxylic acid groups (broad SMARTS) is 1. The highest BCUT2D eigenvalue weighted by molar-refractivity contribution is 6.12. The third-order valence-corrected chi connectivity index (χ3v) is 4.08. The maximum atomic E-state index is 12.5. The zero-order valence-electron chi connectivity index (χ0n) is 16.6. The number of benzene rings is 2. The van der Waals surface area contributed by atoms with Crippen molar-refractivity contribution in [1.82, 2.24) is 0 Å². The van der Waals surface area contributed by atoms with Gasteiger partial charge in [-0.2, -0.15) is 0 Å². The second kappa shape index (κ2) is 9.98. The van der Waals surface area contributed by atoms with Crippen molar-refractivity contribution in [2.45, 2.75) is 0 Å². The summed E-state index contributed by atoms with van der Waals surface area (Å²) in [7, 11) is 5.57. The van der Waals surface area contributed by atoms with Gasteiger partial charge in [0, 0.05) is 12.1 Å². The van der Waals surface area contributed by atoms with Crippen LogP contribution in [-0.2, 0) is 14.3 Å². The molecule has 0 aliphatic rings. The number of hydrogen-bond acceptors (Lipinski definition) is 6. The molecule has 0 amide bonds. The molecule has 7 nitrogen and oxygen atoms in total. The molecule has 0 heterocycles. The van der Waals surface area contributed by atoms with E-state index < -0.39 is 11.9 Å². The second-order valence-electron chi connectivity index (χ2n) is 5.77. The van der Waals surface area contributed by atoms with Gasteiger partial charge in [0.1, 0.15) is 17.2 Å². The molecule has 0 fully saturated rings. The molecule has 0 saturated heterocycles. The molecule has 2 aromatic carbocycles. The maximum Gasteiger partial charge on any atom is 0.338 e. The first-order valence-electron chi connectivity index (χ1n) is 8.55. The quantitative estimate of drug-likeness (QED) is 0.414. The van der Waals surface area contributed by atoms with Gasteiger partial charge in [-0.3, -0.25) is 0 Å². The molecule has 0 spiro atoms. The number of rotatable bonds is 8. The first-order chi connectivity index (χ1) is 13.9. The SMILES string of the molecule is COC(=O)C(=C\c1c(OC)cc(OC)cc1OC)/C(=C/c1ccccc1)C(=O)O. The Morgan fingerprint density at radius 1 is 0.828 bits per heavy atom. The lowest BCUT2D eigenvalue weighted by Crippen LogP contribution is -2.13. The lowest BCUT2D eigenvalue weighted by molar-refractivity contribution is -0.138. The van der Waals surface area contributed by atoms with Crippen LogP contribution in [-0.4, -0.2) is 45.5 Å². The number of carbonyl (C=O) groups excluding carboxylic acids is 1. The predicted octanol–water partition coefficient (Wildman–Crippen LogP) is 3.44. The average molecular weight is 398 g/mol. The van der Waals surface area contributed by atoms with Crippen LogP contribution in [0.4, 0.5) is 0 Å². The summed E-state index contributed by atoms with van der Waals surface area (Å²) in [5.41, 5.74) is 0.596. The lowest BCUT2D eigenvalue weighted by atomic mass is 9.99. The monoisotopic (exact) mass is 398 g/mol. The van der Waals surface area contributed by atoms with Crippen LogP contribution in [0.2, 0.25) is 0 Å². The Kier molecular flexibility index (Phi) is 7.42. The lowest BCUT2D eigenvalue weighted by Gasteiger charge is -2.14. The highest BCUT2D eigenvalue weighted by Crippen LogP contribution is 2.36. The molecule has 1 N–H and O–H groups in total. The zero-order chi connectivity index (χ0) is 21.4. The molecular weight excluding hydrogens is 376 g/mol. The van der Waals surface area contributed by atoms with Gasteiger partial charge >= 0.3 is 11.9 Å². The summed E-state index contributed by atoms with van der Waals surface area (Å²) in [6, 6.07) is 12.0. The Bertz CT molecular complexity index is 918. The summed E-state index contributed by atoms with van der Waals surface area (Å²) >= 11 is 0. The van der Waals surface area contributed by atoms with E-state index in [0.717, 1.165) is 0 Å². The summed E-state index contributed by atoms with van der Waals surface area (Å²) in [4.78, 5) is 24.4. The van der Waals surface area contributed by atoms with Gasteiger partial charge < -0.3 is 24.1 Å². The Hall–Kier alpha value is -3.74. The molecule has 29 heavy (non-hydrogen) atoms. The molecular formula is C22H22O7. The van der Waals surface area contributed by atoms with Gasteiger partial charge in [0.05, 0.1) is 45.1 Å². The predicted molar refractivity (Wildman–Crippen MR) is 108 cm³/mol.